The van der Waals surface area contributed by atoms with Crippen LogP contribution in [0.2, 0.25) is 0 Å². The molecule has 92 valence electrons. The van der Waals surface area contributed by atoms with E-state index >= 15 is 0 Å². The summed E-state index contributed by atoms with van der Waals surface area (Å²) in [5.74, 6) is -0.134. The zero-order valence-corrected chi connectivity index (χ0v) is 10.6. The molecule has 3 heteroatoms. The maximum Gasteiger partial charge on any atom is 0.253 e. The van der Waals surface area contributed by atoms with Crippen LogP contribution in [0.15, 0.2) is 30.8 Å². The first-order valence-corrected chi connectivity index (χ1v) is 5.57. The summed E-state index contributed by atoms with van der Waals surface area (Å²) < 4.78 is 5.42. The zero-order valence-electron chi connectivity index (χ0n) is 10.6. The summed E-state index contributed by atoms with van der Waals surface area (Å²) in [5, 5.41) is 2.71. The van der Waals surface area contributed by atoms with Crippen LogP contribution in [0.25, 0.3) is 6.08 Å². The van der Waals surface area contributed by atoms with E-state index in [2.05, 4.69) is 11.9 Å². The maximum atomic E-state index is 11.7. The van der Waals surface area contributed by atoms with Gasteiger partial charge in [0.2, 0.25) is 0 Å². The van der Waals surface area contributed by atoms with Gasteiger partial charge >= 0.3 is 0 Å². The molecule has 17 heavy (non-hydrogen) atoms. The van der Waals surface area contributed by atoms with E-state index in [4.69, 9.17) is 4.74 Å². The summed E-state index contributed by atoms with van der Waals surface area (Å²) in [7, 11) is 0. The third-order valence-electron chi connectivity index (χ3n) is 2.15. The highest BCUT2D eigenvalue weighted by Crippen LogP contribution is 2.07. The number of hydrogen-bond donors (Lipinski definition) is 1. The van der Waals surface area contributed by atoms with E-state index in [1.165, 1.54) is 0 Å². The first-order valence-electron chi connectivity index (χ1n) is 5.57. The van der Waals surface area contributed by atoms with Gasteiger partial charge in [-0.2, -0.15) is 0 Å². The molecule has 0 saturated carbocycles. The highest BCUT2D eigenvalue weighted by Gasteiger charge is 2.11. The Morgan fingerprint density at radius 2 is 1.94 bits per heavy atom. The Hall–Kier alpha value is -1.61. The van der Waals surface area contributed by atoms with E-state index in [0.717, 1.165) is 5.56 Å². The second-order valence-electron chi connectivity index (χ2n) is 4.73. The number of carbonyl (C=O) groups is 1. The zero-order chi connectivity index (χ0) is 12.9. The summed E-state index contributed by atoms with van der Waals surface area (Å²) in [6, 6.07) is 7.24. The van der Waals surface area contributed by atoms with Crippen molar-refractivity contribution in [1.29, 1.82) is 0 Å². The average molecular weight is 233 g/mol. The number of rotatable bonds is 4. The molecule has 3 nitrogen and oxygen atoms in total. The normalized spacial score (nSPS) is 11.0. The van der Waals surface area contributed by atoms with Crippen LogP contribution in [0.3, 0.4) is 0 Å². The van der Waals surface area contributed by atoms with Crippen molar-refractivity contribution in [1.82, 2.24) is 5.32 Å². The minimum atomic E-state index is -0.250. The standard InChI is InChI=1S/C14H19NO2/c1-5-11-6-8-12(9-7-11)13(16)15-10-17-14(2,3)4/h5-9H,1,10H2,2-4H3,(H,15,16). The van der Waals surface area contributed by atoms with Gasteiger partial charge in [-0.3, -0.25) is 4.79 Å². The fraction of sp³-hybridized carbons (Fsp3) is 0.357. The number of amides is 1. The number of benzene rings is 1. The summed E-state index contributed by atoms with van der Waals surface area (Å²) in [6.45, 7) is 9.70. The van der Waals surface area contributed by atoms with Gasteiger partial charge in [-0.05, 0) is 38.5 Å². The summed E-state index contributed by atoms with van der Waals surface area (Å²) in [6.07, 6.45) is 1.74. The third kappa shape index (κ3) is 4.83. The van der Waals surface area contributed by atoms with Gasteiger partial charge in [0.15, 0.2) is 0 Å². The van der Waals surface area contributed by atoms with E-state index in [1.807, 2.05) is 32.9 Å². The molecule has 0 atom stereocenters. The molecule has 0 heterocycles. The molecule has 0 spiro atoms. The fourth-order valence-corrected chi connectivity index (χ4v) is 1.19. The van der Waals surface area contributed by atoms with Gasteiger partial charge in [0.25, 0.3) is 5.91 Å². The van der Waals surface area contributed by atoms with Crippen molar-refractivity contribution in [2.75, 3.05) is 6.73 Å². The molecule has 1 N–H and O–H groups in total. The van der Waals surface area contributed by atoms with Crippen molar-refractivity contribution in [3.05, 3.63) is 42.0 Å². The van der Waals surface area contributed by atoms with Gasteiger partial charge in [0.05, 0.1) is 5.60 Å². The predicted molar refractivity (Wildman–Crippen MR) is 69.7 cm³/mol. The van der Waals surface area contributed by atoms with Crippen LogP contribution in [0.1, 0.15) is 36.7 Å². The van der Waals surface area contributed by atoms with Crippen molar-refractivity contribution in [2.24, 2.45) is 0 Å². The van der Waals surface area contributed by atoms with Gasteiger partial charge in [-0.15, -0.1) is 0 Å². The molecule has 1 aromatic rings. The van der Waals surface area contributed by atoms with Crippen LogP contribution in [0, 0.1) is 0 Å². The van der Waals surface area contributed by atoms with E-state index in [0.29, 0.717) is 5.56 Å². The van der Waals surface area contributed by atoms with Crippen LogP contribution in [0.5, 0.6) is 0 Å². The lowest BCUT2D eigenvalue weighted by Crippen LogP contribution is -2.31. The second-order valence-corrected chi connectivity index (χ2v) is 4.73. The molecule has 0 aliphatic carbocycles. The largest absolute Gasteiger partial charge is 0.356 e. The highest BCUT2D eigenvalue weighted by molar-refractivity contribution is 5.94. The minimum Gasteiger partial charge on any atom is -0.356 e. The van der Waals surface area contributed by atoms with Crippen LogP contribution in [0.4, 0.5) is 0 Å². The van der Waals surface area contributed by atoms with Crippen LogP contribution >= 0.6 is 0 Å². The van der Waals surface area contributed by atoms with Crippen molar-refractivity contribution in [2.45, 2.75) is 26.4 Å². The Morgan fingerprint density at radius 3 is 2.41 bits per heavy atom. The van der Waals surface area contributed by atoms with Gasteiger partial charge in [0, 0.05) is 5.56 Å². The Labute approximate surface area is 102 Å². The molecule has 1 aromatic carbocycles. The smallest absolute Gasteiger partial charge is 0.253 e. The van der Waals surface area contributed by atoms with Crippen molar-refractivity contribution < 1.29 is 9.53 Å². The lowest BCUT2D eigenvalue weighted by Gasteiger charge is -2.19. The average Bonchev–Trinajstić information content (AvgIpc) is 2.27. The molecular formula is C14H19NO2. The van der Waals surface area contributed by atoms with E-state index < -0.39 is 0 Å². The SMILES string of the molecule is C=Cc1ccc(C(=O)NCOC(C)(C)C)cc1. The Balaban J connectivity index is 2.49. The molecule has 1 rings (SSSR count). The van der Waals surface area contributed by atoms with E-state index in [-0.39, 0.29) is 18.2 Å². The molecule has 0 radical (unpaired) electrons. The lowest BCUT2D eigenvalue weighted by atomic mass is 10.1. The van der Waals surface area contributed by atoms with E-state index in [9.17, 15) is 4.79 Å². The first-order chi connectivity index (χ1) is 7.92. The Morgan fingerprint density at radius 1 is 1.35 bits per heavy atom. The van der Waals surface area contributed by atoms with Crippen LogP contribution in [-0.4, -0.2) is 18.2 Å². The van der Waals surface area contributed by atoms with E-state index in [1.54, 1.807) is 18.2 Å². The summed E-state index contributed by atoms with van der Waals surface area (Å²) in [4.78, 5) is 11.7. The van der Waals surface area contributed by atoms with Crippen LogP contribution in [-0.2, 0) is 4.74 Å². The molecular weight excluding hydrogens is 214 g/mol. The molecule has 0 bridgehead atoms. The number of ether oxygens (including phenoxy) is 1. The Bertz CT molecular complexity index is 388. The highest BCUT2D eigenvalue weighted by atomic mass is 16.5. The van der Waals surface area contributed by atoms with Gasteiger partial charge in [-0.1, -0.05) is 24.8 Å². The monoisotopic (exact) mass is 233 g/mol. The molecule has 0 aliphatic rings. The molecule has 0 aromatic heterocycles. The first kappa shape index (κ1) is 13.5. The molecule has 1 amide bonds. The van der Waals surface area contributed by atoms with Gasteiger partial charge in [0.1, 0.15) is 6.73 Å². The topological polar surface area (TPSA) is 38.3 Å². The number of nitrogens with one attached hydrogen (secondary N) is 1. The number of carbonyl (C=O) groups excluding carboxylic acids is 1. The quantitative estimate of drug-likeness (QED) is 0.812. The van der Waals surface area contributed by atoms with Crippen molar-refractivity contribution >= 4 is 12.0 Å². The fourth-order valence-electron chi connectivity index (χ4n) is 1.19. The lowest BCUT2D eigenvalue weighted by molar-refractivity contribution is -0.0111. The molecule has 0 unspecified atom stereocenters. The minimum absolute atomic E-state index is 0.134. The summed E-state index contributed by atoms with van der Waals surface area (Å²) >= 11 is 0. The molecule has 0 fully saturated rings. The Kier molecular flexibility index (Phi) is 4.46. The van der Waals surface area contributed by atoms with Crippen molar-refractivity contribution in [3.63, 3.8) is 0 Å². The number of hydrogen-bond acceptors (Lipinski definition) is 2. The molecule has 0 aliphatic heterocycles. The summed E-state index contributed by atoms with van der Waals surface area (Å²) in [5.41, 5.74) is 1.36. The predicted octanol–water partition coefficient (Wildman–Crippen LogP) is 2.83. The third-order valence-corrected chi connectivity index (χ3v) is 2.15. The van der Waals surface area contributed by atoms with Gasteiger partial charge in [-0.25, -0.2) is 0 Å². The maximum absolute atomic E-state index is 11.7. The van der Waals surface area contributed by atoms with Gasteiger partial charge < -0.3 is 10.1 Å². The van der Waals surface area contributed by atoms with Crippen LogP contribution < -0.4 is 5.32 Å². The van der Waals surface area contributed by atoms with Crippen molar-refractivity contribution in [3.8, 4) is 0 Å². The second kappa shape index (κ2) is 5.64. The molecule has 0 saturated heterocycles.